The van der Waals surface area contributed by atoms with Gasteiger partial charge >= 0.3 is 5.97 Å². The zero-order chi connectivity index (χ0) is 16.2. The van der Waals surface area contributed by atoms with Crippen LogP contribution in [-0.4, -0.2) is 22.1 Å². The minimum Gasteiger partial charge on any atom is -0.460 e. The van der Waals surface area contributed by atoms with Gasteiger partial charge in [0.15, 0.2) is 0 Å². The van der Waals surface area contributed by atoms with Gasteiger partial charge in [-0.3, -0.25) is 9.36 Å². The van der Waals surface area contributed by atoms with Crippen LogP contribution in [0.15, 0.2) is 59.7 Å². The number of carbonyl (C=O) groups is 1. The SMILES string of the molecule is Cc1cccc(C(=O)OCCn2cnc3ccccc3c2=O)c1. The van der Waals surface area contributed by atoms with Gasteiger partial charge in [0.25, 0.3) is 5.56 Å². The maximum absolute atomic E-state index is 12.3. The Balaban J connectivity index is 1.68. The maximum Gasteiger partial charge on any atom is 0.338 e. The largest absolute Gasteiger partial charge is 0.460 e. The van der Waals surface area contributed by atoms with E-state index < -0.39 is 5.97 Å². The van der Waals surface area contributed by atoms with Crippen molar-refractivity contribution >= 4 is 16.9 Å². The lowest BCUT2D eigenvalue weighted by atomic mass is 10.1. The molecule has 0 radical (unpaired) electrons. The first kappa shape index (κ1) is 15.0. The van der Waals surface area contributed by atoms with Crippen molar-refractivity contribution in [3.8, 4) is 0 Å². The van der Waals surface area contributed by atoms with E-state index in [0.717, 1.165) is 5.56 Å². The summed E-state index contributed by atoms with van der Waals surface area (Å²) >= 11 is 0. The monoisotopic (exact) mass is 308 g/mol. The molecular formula is C18H16N2O3. The van der Waals surface area contributed by atoms with Crippen LogP contribution < -0.4 is 5.56 Å². The average molecular weight is 308 g/mol. The van der Waals surface area contributed by atoms with E-state index in [-0.39, 0.29) is 18.7 Å². The molecule has 2 aromatic carbocycles. The first-order valence-corrected chi connectivity index (χ1v) is 7.33. The summed E-state index contributed by atoms with van der Waals surface area (Å²) in [6, 6.07) is 14.4. The van der Waals surface area contributed by atoms with Crippen LogP contribution in [0.1, 0.15) is 15.9 Å². The molecule has 0 fully saturated rings. The molecule has 0 saturated heterocycles. The van der Waals surface area contributed by atoms with Crippen molar-refractivity contribution in [1.29, 1.82) is 0 Å². The fourth-order valence-corrected chi connectivity index (χ4v) is 2.36. The number of hydrogen-bond acceptors (Lipinski definition) is 4. The highest BCUT2D eigenvalue weighted by Crippen LogP contribution is 2.06. The summed E-state index contributed by atoms with van der Waals surface area (Å²) in [7, 11) is 0. The van der Waals surface area contributed by atoms with Crippen molar-refractivity contribution in [2.45, 2.75) is 13.5 Å². The van der Waals surface area contributed by atoms with Crippen LogP contribution in [-0.2, 0) is 11.3 Å². The number of aryl methyl sites for hydroxylation is 1. The van der Waals surface area contributed by atoms with Gasteiger partial charge in [-0.2, -0.15) is 0 Å². The highest BCUT2D eigenvalue weighted by molar-refractivity contribution is 5.89. The van der Waals surface area contributed by atoms with Gasteiger partial charge in [0, 0.05) is 0 Å². The predicted octanol–water partition coefficient (Wildman–Crippen LogP) is 2.56. The number of aromatic nitrogens is 2. The van der Waals surface area contributed by atoms with Crippen molar-refractivity contribution in [1.82, 2.24) is 9.55 Å². The molecule has 0 spiro atoms. The van der Waals surface area contributed by atoms with Gasteiger partial charge in [-0.05, 0) is 31.2 Å². The highest BCUT2D eigenvalue weighted by atomic mass is 16.5. The topological polar surface area (TPSA) is 61.2 Å². The van der Waals surface area contributed by atoms with Crippen molar-refractivity contribution in [2.75, 3.05) is 6.61 Å². The van der Waals surface area contributed by atoms with Crippen molar-refractivity contribution < 1.29 is 9.53 Å². The van der Waals surface area contributed by atoms with E-state index in [9.17, 15) is 9.59 Å². The van der Waals surface area contributed by atoms with Gasteiger partial charge in [-0.25, -0.2) is 9.78 Å². The van der Waals surface area contributed by atoms with Gasteiger partial charge in [0.1, 0.15) is 6.61 Å². The molecule has 0 amide bonds. The Labute approximate surface area is 133 Å². The molecule has 0 aliphatic rings. The smallest absolute Gasteiger partial charge is 0.338 e. The first-order chi connectivity index (χ1) is 11.1. The van der Waals surface area contributed by atoms with E-state index in [1.54, 1.807) is 30.3 Å². The van der Waals surface area contributed by atoms with Crippen LogP contribution in [0.2, 0.25) is 0 Å². The summed E-state index contributed by atoms with van der Waals surface area (Å²) in [5.41, 5.74) is 2.02. The molecule has 0 unspecified atom stereocenters. The minimum absolute atomic E-state index is 0.118. The molecule has 5 heteroatoms. The number of fused-ring (bicyclic) bond motifs is 1. The average Bonchev–Trinajstić information content (AvgIpc) is 2.57. The van der Waals surface area contributed by atoms with Crippen molar-refractivity contribution in [3.05, 3.63) is 76.3 Å². The Hall–Kier alpha value is -2.95. The Bertz CT molecular complexity index is 915. The second-order valence-electron chi connectivity index (χ2n) is 5.27. The van der Waals surface area contributed by atoms with Gasteiger partial charge in [0.2, 0.25) is 0 Å². The Morgan fingerprint density at radius 2 is 2.00 bits per heavy atom. The van der Waals surface area contributed by atoms with Crippen LogP contribution in [0, 0.1) is 6.92 Å². The molecule has 0 N–H and O–H groups in total. The molecule has 116 valence electrons. The van der Waals surface area contributed by atoms with Crippen LogP contribution >= 0.6 is 0 Å². The normalized spacial score (nSPS) is 10.7. The molecule has 23 heavy (non-hydrogen) atoms. The molecule has 0 aliphatic carbocycles. The van der Waals surface area contributed by atoms with Gasteiger partial charge in [0.05, 0.1) is 29.3 Å². The van der Waals surface area contributed by atoms with Crippen LogP contribution in [0.5, 0.6) is 0 Å². The third-order valence-electron chi connectivity index (χ3n) is 3.55. The number of hydrogen-bond donors (Lipinski definition) is 0. The Morgan fingerprint density at radius 1 is 1.17 bits per heavy atom. The molecule has 5 nitrogen and oxygen atoms in total. The third-order valence-corrected chi connectivity index (χ3v) is 3.55. The quantitative estimate of drug-likeness (QED) is 0.695. The zero-order valence-electron chi connectivity index (χ0n) is 12.7. The first-order valence-electron chi connectivity index (χ1n) is 7.33. The van der Waals surface area contributed by atoms with Crippen LogP contribution in [0.3, 0.4) is 0 Å². The molecule has 0 atom stereocenters. The van der Waals surface area contributed by atoms with E-state index in [1.165, 1.54) is 10.9 Å². The molecule has 3 rings (SSSR count). The standard InChI is InChI=1S/C18H16N2O3/c1-13-5-4-6-14(11-13)18(22)23-10-9-20-12-19-16-8-3-2-7-15(16)17(20)21/h2-8,11-12H,9-10H2,1H3. The van der Waals surface area contributed by atoms with E-state index in [0.29, 0.717) is 16.5 Å². The van der Waals surface area contributed by atoms with Crippen molar-refractivity contribution in [3.63, 3.8) is 0 Å². The van der Waals surface area contributed by atoms with E-state index in [4.69, 9.17) is 4.74 Å². The number of nitrogens with zero attached hydrogens (tertiary/aromatic N) is 2. The summed E-state index contributed by atoms with van der Waals surface area (Å²) in [5.74, 6) is -0.393. The number of ether oxygens (including phenoxy) is 1. The number of carbonyl (C=O) groups excluding carboxylic acids is 1. The lowest BCUT2D eigenvalue weighted by Gasteiger charge is -2.08. The molecular weight excluding hydrogens is 292 g/mol. The van der Waals surface area contributed by atoms with E-state index in [2.05, 4.69) is 4.98 Å². The fraction of sp³-hybridized carbons (Fsp3) is 0.167. The summed E-state index contributed by atoms with van der Waals surface area (Å²) in [6.45, 7) is 2.30. The number of para-hydroxylation sites is 1. The number of benzene rings is 2. The summed E-state index contributed by atoms with van der Waals surface area (Å²) < 4.78 is 6.68. The minimum atomic E-state index is -0.393. The molecule has 1 heterocycles. The number of rotatable bonds is 4. The van der Waals surface area contributed by atoms with E-state index >= 15 is 0 Å². The molecule has 0 bridgehead atoms. The second-order valence-corrected chi connectivity index (χ2v) is 5.27. The lowest BCUT2D eigenvalue weighted by molar-refractivity contribution is 0.0490. The van der Waals surface area contributed by atoms with Crippen LogP contribution in [0.25, 0.3) is 10.9 Å². The van der Waals surface area contributed by atoms with Gasteiger partial charge < -0.3 is 4.74 Å². The van der Waals surface area contributed by atoms with Crippen LogP contribution in [0.4, 0.5) is 0 Å². The molecule has 1 aromatic heterocycles. The zero-order valence-corrected chi connectivity index (χ0v) is 12.7. The summed E-state index contributed by atoms with van der Waals surface area (Å²) in [5, 5.41) is 0.556. The fourth-order valence-electron chi connectivity index (χ4n) is 2.36. The summed E-state index contributed by atoms with van der Waals surface area (Å²) in [4.78, 5) is 28.5. The van der Waals surface area contributed by atoms with E-state index in [1.807, 2.05) is 25.1 Å². The predicted molar refractivity (Wildman–Crippen MR) is 87.5 cm³/mol. The molecule has 0 aliphatic heterocycles. The number of esters is 1. The lowest BCUT2D eigenvalue weighted by Crippen LogP contribution is -2.23. The Morgan fingerprint density at radius 3 is 2.83 bits per heavy atom. The Kier molecular flexibility index (Phi) is 4.19. The van der Waals surface area contributed by atoms with Gasteiger partial charge in [-0.15, -0.1) is 0 Å². The van der Waals surface area contributed by atoms with Gasteiger partial charge in [-0.1, -0.05) is 29.8 Å². The third kappa shape index (κ3) is 3.29. The molecule has 0 saturated carbocycles. The van der Waals surface area contributed by atoms with Crippen molar-refractivity contribution in [2.24, 2.45) is 0 Å². The summed E-state index contributed by atoms with van der Waals surface area (Å²) in [6.07, 6.45) is 1.48. The second kappa shape index (κ2) is 6.44. The molecule has 3 aromatic rings. The maximum atomic E-state index is 12.3. The highest BCUT2D eigenvalue weighted by Gasteiger charge is 2.08.